The number of rotatable bonds is 2. The smallest absolute Gasteiger partial charge is 0.274 e. The molecule has 0 unspecified atom stereocenters. The van der Waals surface area contributed by atoms with E-state index in [1.54, 1.807) is 0 Å². The summed E-state index contributed by atoms with van der Waals surface area (Å²) in [6.45, 7) is 4.00. The predicted octanol–water partition coefficient (Wildman–Crippen LogP) is 3.05. The fraction of sp³-hybridized carbons (Fsp3) is 0.400. The number of nitrogens with zero attached hydrogens (tertiary/aromatic N) is 2. The van der Waals surface area contributed by atoms with Crippen LogP contribution in [-0.2, 0) is 4.84 Å². The maximum absolute atomic E-state index is 11.5. The average Bonchev–Trinajstić information content (AvgIpc) is 2.28. The van der Waals surface area contributed by atoms with Crippen molar-refractivity contribution in [2.45, 2.75) is 13.8 Å². The van der Waals surface area contributed by atoms with Crippen LogP contribution in [0.1, 0.15) is 24.2 Å². The van der Waals surface area contributed by atoms with Gasteiger partial charge in [-0.25, -0.2) is 10.0 Å². The Bertz CT molecular complexity index is 338. The van der Waals surface area contributed by atoms with Gasteiger partial charge in [0, 0.05) is 12.6 Å². The fourth-order valence-corrected chi connectivity index (χ4v) is 1.31. The Balaban J connectivity index is 0.00000106. The molecule has 1 rings (SSSR count). The topological polar surface area (TPSA) is 42.4 Å². The van der Waals surface area contributed by atoms with E-state index in [2.05, 4.69) is 4.98 Å². The van der Waals surface area contributed by atoms with E-state index in [0.29, 0.717) is 5.56 Å². The number of amides is 1. The molecule has 0 aromatic carbocycles. The molecule has 0 saturated carbocycles. The molecule has 6 heteroatoms. The SMILES string of the molecule is CC.CON(C)C(=O)c1cc(Cl)nc(Cl)c1. The second kappa shape index (κ2) is 7.44. The lowest BCUT2D eigenvalue weighted by Gasteiger charge is -2.13. The van der Waals surface area contributed by atoms with Crippen LogP contribution in [0.5, 0.6) is 0 Å². The van der Waals surface area contributed by atoms with Crippen LogP contribution in [0.4, 0.5) is 0 Å². The molecule has 1 aromatic rings. The molecule has 4 nitrogen and oxygen atoms in total. The van der Waals surface area contributed by atoms with E-state index in [0.717, 1.165) is 5.06 Å². The summed E-state index contributed by atoms with van der Waals surface area (Å²) in [6.07, 6.45) is 0. The van der Waals surface area contributed by atoms with Crippen LogP contribution in [-0.4, -0.2) is 30.1 Å². The minimum atomic E-state index is -0.335. The lowest BCUT2D eigenvalue weighted by Crippen LogP contribution is -2.25. The van der Waals surface area contributed by atoms with Crippen molar-refractivity contribution < 1.29 is 9.63 Å². The molecule has 90 valence electrons. The van der Waals surface area contributed by atoms with Gasteiger partial charge in [0.1, 0.15) is 10.3 Å². The molecule has 0 radical (unpaired) electrons. The summed E-state index contributed by atoms with van der Waals surface area (Å²) < 4.78 is 0. The first-order chi connectivity index (χ1) is 7.54. The van der Waals surface area contributed by atoms with Crippen LogP contribution in [0.3, 0.4) is 0 Å². The number of aromatic nitrogens is 1. The molecule has 16 heavy (non-hydrogen) atoms. The average molecular weight is 265 g/mol. The van der Waals surface area contributed by atoms with Gasteiger partial charge in [0.05, 0.1) is 7.11 Å². The Labute approximate surface area is 105 Å². The van der Waals surface area contributed by atoms with E-state index >= 15 is 0 Å². The third-order valence-electron chi connectivity index (χ3n) is 1.57. The Morgan fingerprint density at radius 3 is 2.12 bits per heavy atom. The number of pyridine rings is 1. The Morgan fingerprint density at radius 1 is 1.31 bits per heavy atom. The van der Waals surface area contributed by atoms with Crippen molar-refractivity contribution in [1.29, 1.82) is 0 Å². The number of carbonyl (C=O) groups excluding carboxylic acids is 1. The molecule has 0 N–H and O–H groups in total. The Morgan fingerprint density at radius 2 is 1.75 bits per heavy atom. The van der Waals surface area contributed by atoms with Crippen molar-refractivity contribution in [2.24, 2.45) is 0 Å². The molecule has 0 aliphatic rings. The van der Waals surface area contributed by atoms with Crippen LogP contribution < -0.4 is 0 Å². The number of hydroxylamine groups is 2. The van der Waals surface area contributed by atoms with Crippen molar-refractivity contribution in [3.8, 4) is 0 Å². The van der Waals surface area contributed by atoms with Gasteiger partial charge in [-0.1, -0.05) is 37.0 Å². The molecule has 0 aliphatic heterocycles. The van der Waals surface area contributed by atoms with E-state index in [1.807, 2.05) is 13.8 Å². The largest absolute Gasteiger partial charge is 0.277 e. The zero-order valence-electron chi connectivity index (χ0n) is 9.62. The first kappa shape index (κ1) is 15.2. The van der Waals surface area contributed by atoms with Crippen molar-refractivity contribution in [3.05, 3.63) is 28.0 Å². The maximum atomic E-state index is 11.5. The minimum absolute atomic E-state index is 0.172. The number of halogens is 2. The van der Waals surface area contributed by atoms with E-state index in [1.165, 1.54) is 26.3 Å². The van der Waals surface area contributed by atoms with Crippen LogP contribution in [0.2, 0.25) is 10.3 Å². The van der Waals surface area contributed by atoms with E-state index < -0.39 is 0 Å². The summed E-state index contributed by atoms with van der Waals surface area (Å²) in [5.74, 6) is -0.335. The molecule has 0 saturated heterocycles. The van der Waals surface area contributed by atoms with Crippen LogP contribution in [0.25, 0.3) is 0 Å². The van der Waals surface area contributed by atoms with Crippen molar-refractivity contribution in [1.82, 2.24) is 10.0 Å². The molecule has 1 heterocycles. The summed E-state index contributed by atoms with van der Waals surface area (Å²) in [4.78, 5) is 20.0. The minimum Gasteiger partial charge on any atom is -0.274 e. The first-order valence-corrected chi connectivity index (χ1v) is 5.45. The van der Waals surface area contributed by atoms with Gasteiger partial charge < -0.3 is 0 Å². The molecule has 0 atom stereocenters. The Kier molecular flexibility index (Phi) is 7.05. The zero-order chi connectivity index (χ0) is 12.7. The second-order valence-corrected chi connectivity index (χ2v) is 3.26. The van der Waals surface area contributed by atoms with E-state index in [9.17, 15) is 4.79 Å². The maximum Gasteiger partial charge on any atom is 0.277 e. The molecule has 0 fully saturated rings. The monoisotopic (exact) mass is 264 g/mol. The summed E-state index contributed by atoms with van der Waals surface area (Å²) in [5.41, 5.74) is 0.333. The van der Waals surface area contributed by atoms with Gasteiger partial charge >= 0.3 is 0 Å². The number of hydrogen-bond donors (Lipinski definition) is 0. The van der Waals surface area contributed by atoms with Gasteiger partial charge in [-0.05, 0) is 12.1 Å². The third kappa shape index (κ3) is 4.35. The van der Waals surface area contributed by atoms with Gasteiger partial charge in [0.15, 0.2) is 0 Å². The molecule has 1 aromatic heterocycles. The lowest BCUT2D eigenvalue weighted by atomic mass is 10.2. The molecule has 0 bridgehead atoms. The molecular formula is C10H14Cl2N2O2. The summed E-state index contributed by atoms with van der Waals surface area (Å²) in [7, 11) is 2.88. The van der Waals surface area contributed by atoms with Gasteiger partial charge in [-0.2, -0.15) is 0 Å². The third-order valence-corrected chi connectivity index (χ3v) is 1.96. The van der Waals surface area contributed by atoms with Gasteiger partial charge in [0.2, 0.25) is 0 Å². The van der Waals surface area contributed by atoms with Crippen molar-refractivity contribution in [3.63, 3.8) is 0 Å². The van der Waals surface area contributed by atoms with Crippen molar-refractivity contribution in [2.75, 3.05) is 14.2 Å². The molecule has 0 aliphatic carbocycles. The predicted molar refractivity (Wildman–Crippen MR) is 64.7 cm³/mol. The molecular weight excluding hydrogens is 251 g/mol. The molecule has 1 amide bonds. The van der Waals surface area contributed by atoms with Gasteiger partial charge in [-0.15, -0.1) is 0 Å². The highest BCUT2D eigenvalue weighted by Crippen LogP contribution is 2.15. The van der Waals surface area contributed by atoms with Crippen LogP contribution in [0.15, 0.2) is 12.1 Å². The first-order valence-electron chi connectivity index (χ1n) is 4.70. The zero-order valence-corrected chi connectivity index (χ0v) is 11.1. The quantitative estimate of drug-likeness (QED) is 0.609. The van der Waals surface area contributed by atoms with Gasteiger partial charge in [0.25, 0.3) is 5.91 Å². The second-order valence-electron chi connectivity index (χ2n) is 2.49. The standard InChI is InChI=1S/C8H8Cl2N2O2.C2H6/c1-12(14-2)8(13)5-3-6(9)11-7(10)4-5;1-2/h3-4H,1-2H3;1-2H3. The lowest BCUT2D eigenvalue weighted by molar-refractivity contribution is -0.0757. The van der Waals surface area contributed by atoms with E-state index in [4.69, 9.17) is 28.0 Å². The van der Waals surface area contributed by atoms with Crippen molar-refractivity contribution >= 4 is 29.1 Å². The van der Waals surface area contributed by atoms with Gasteiger partial charge in [-0.3, -0.25) is 9.63 Å². The Hall–Kier alpha value is -0.840. The molecule has 0 spiro atoms. The highest BCUT2D eigenvalue weighted by molar-refractivity contribution is 6.33. The van der Waals surface area contributed by atoms with E-state index in [-0.39, 0.29) is 16.2 Å². The number of carbonyl (C=O) groups is 1. The highest BCUT2D eigenvalue weighted by Gasteiger charge is 2.12. The summed E-state index contributed by atoms with van der Waals surface area (Å²) >= 11 is 11.3. The van der Waals surface area contributed by atoms with Crippen LogP contribution in [0, 0.1) is 0 Å². The summed E-state index contributed by atoms with van der Waals surface area (Å²) in [6, 6.07) is 2.84. The van der Waals surface area contributed by atoms with Crippen LogP contribution >= 0.6 is 23.2 Å². The fourth-order valence-electron chi connectivity index (χ4n) is 0.853. The number of hydrogen-bond acceptors (Lipinski definition) is 3. The highest BCUT2D eigenvalue weighted by atomic mass is 35.5. The normalized spacial score (nSPS) is 9.12. The summed E-state index contributed by atoms with van der Waals surface area (Å²) in [5, 5.41) is 1.41.